The lowest BCUT2D eigenvalue weighted by atomic mass is 10.1. The Morgan fingerprint density at radius 2 is 1.92 bits per heavy atom. The van der Waals surface area contributed by atoms with Gasteiger partial charge in [0.1, 0.15) is 6.54 Å². The molecule has 0 amide bonds. The Hall–Kier alpha value is -0.480. The van der Waals surface area contributed by atoms with E-state index in [1.165, 1.54) is 32.2 Å². The van der Waals surface area contributed by atoms with Gasteiger partial charge in [0.15, 0.2) is 0 Å². The predicted molar refractivity (Wildman–Crippen MR) is 52.6 cm³/mol. The molecule has 0 aliphatic heterocycles. The van der Waals surface area contributed by atoms with Crippen LogP contribution in [0.25, 0.3) is 0 Å². The summed E-state index contributed by atoms with van der Waals surface area (Å²) in [5.41, 5.74) is 0. The van der Waals surface area contributed by atoms with Crippen molar-refractivity contribution in [2.24, 2.45) is 5.92 Å². The first-order valence-electron chi connectivity index (χ1n) is 4.89. The van der Waals surface area contributed by atoms with Crippen molar-refractivity contribution in [3.05, 3.63) is 0 Å². The quantitative estimate of drug-likeness (QED) is 0.443. The Kier molecular flexibility index (Phi) is 3.17. The van der Waals surface area contributed by atoms with Gasteiger partial charge in [-0.3, -0.25) is 0 Å². The second-order valence-electron chi connectivity index (χ2n) is 4.63. The van der Waals surface area contributed by atoms with Crippen LogP contribution in [-0.4, -0.2) is 31.7 Å². The molecule has 0 radical (unpaired) electrons. The fraction of sp³-hybridized carbons (Fsp3) is 0.818. The molecule has 0 saturated heterocycles. The van der Waals surface area contributed by atoms with Gasteiger partial charge >= 0.3 is 0 Å². The normalized spacial score (nSPS) is 19.4. The van der Waals surface area contributed by atoms with Crippen molar-refractivity contribution in [1.82, 2.24) is 0 Å². The average molecular weight is 166 g/mol. The van der Waals surface area contributed by atoms with Crippen LogP contribution in [-0.2, 0) is 0 Å². The summed E-state index contributed by atoms with van der Waals surface area (Å²) in [5.74, 6) is 3.69. The van der Waals surface area contributed by atoms with Crippen LogP contribution in [0.15, 0.2) is 0 Å². The summed E-state index contributed by atoms with van der Waals surface area (Å²) in [6.45, 7) is 2.14. The zero-order valence-electron chi connectivity index (χ0n) is 8.34. The molecule has 0 aromatic rings. The number of hydrogen-bond acceptors (Lipinski definition) is 0. The zero-order valence-corrected chi connectivity index (χ0v) is 8.34. The minimum atomic E-state index is 0.872. The molecule has 1 aliphatic rings. The van der Waals surface area contributed by atoms with Crippen LogP contribution in [0.1, 0.15) is 25.7 Å². The molecular weight excluding hydrogens is 146 g/mol. The maximum atomic E-state index is 5.32. The van der Waals surface area contributed by atoms with Gasteiger partial charge in [-0.1, -0.05) is 12.8 Å². The van der Waals surface area contributed by atoms with Crippen molar-refractivity contribution < 1.29 is 4.48 Å². The van der Waals surface area contributed by atoms with Crippen molar-refractivity contribution >= 4 is 0 Å². The van der Waals surface area contributed by atoms with Crippen LogP contribution in [0.2, 0.25) is 0 Å². The standard InChI is InChI=1S/C11H20N/c1-4-9-12(2,3)10-11-7-5-6-8-11/h1,11H,5-10H2,2-3H3/q+1. The first-order valence-corrected chi connectivity index (χ1v) is 4.89. The molecule has 1 saturated carbocycles. The van der Waals surface area contributed by atoms with Crippen LogP contribution in [0.3, 0.4) is 0 Å². The van der Waals surface area contributed by atoms with Gasteiger partial charge in [0.2, 0.25) is 0 Å². The lowest BCUT2D eigenvalue weighted by Crippen LogP contribution is -2.43. The van der Waals surface area contributed by atoms with Crippen molar-refractivity contribution in [3.8, 4) is 12.3 Å². The molecule has 0 spiro atoms. The molecule has 68 valence electrons. The summed E-state index contributed by atoms with van der Waals surface area (Å²) in [7, 11) is 4.47. The van der Waals surface area contributed by atoms with E-state index in [4.69, 9.17) is 6.42 Å². The number of hydrogen-bond donors (Lipinski definition) is 0. The van der Waals surface area contributed by atoms with Gasteiger partial charge in [-0.05, 0) is 18.8 Å². The van der Waals surface area contributed by atoms with Crippen LogP contribution >= 0.6 is 0 Å². The third-order valence-electron chi connectivity index (χ3n) is 2.75. The number of terminal acetylenes is 1. The van der Waals surface area contributed by atoms with Gasteiger partial charge in [0, 0.05) is 5.92 Å². The largest absolute Gasteiger partial charge is 0.318 e. The van der Waals surface area contributed by atoms with Gasteiger partial charge in [-0.25, -0.2) is 0 Å². The molecule has 0 atom stereocenters. The highest BCUT2D eigenvalue weighted by Crippen LogP contribution is 2.26. The minimum Gasteiger partial charge on any atom is -0.318 e. The maximum Gasteiger partial charge on any atom is 0.140 e. The topological polar surface area (TPSA) is 0 Å². The second-order valence-corrected chi connectivity index (χ2v) is 4.63. The SMILES string of the molecule is C#CC[N+](C)(C)CC1CCCC1. The van der Waals surface area contributed by atoms with E-state index >= 15 is 0 Å². The summed E-state index contributed by atoms with van der Waals surface area (Å²) in [6.07, 6.45) is 11.0. The van der Waals surface area contributed by atoms with E-state index in [9.17, 15) is 0 Å². The van der Waals surface area contributed by atoms with Gasteiger partial charge < -0.3 is 4.48 Å². The zero-order chi connectivity index (χ0) is 9.03. The van der Waals surface area contributed by atoms with Crippen molar-refractivity contribution in [1.29, 1.82) is 0 Å². The highest BCUT2D eigenvalue weighted by Gasteiger charge is 2.23. The van der Waals surface area contributed by atoms with Gasteiger partial charge in [0.05, 0.1) is 20.6 Å². The molecule has 1 heteroatoms. The average Bonchev–Trinajstić information content (AvgIpc) is 2.38. The fourth-order valence-corrected chi connectivity index (χ4v) is 2.20. The highest BCUT2D eigenvalue weighted by molar-refractivity contribution is 4.83. The molecule has 0 unspecified atom stereocenters. The number of rotatable bonds is 3. The van der Waals surface area contributed by atoms with E-state index in [1.54, 1.807) is 0 Å². The minimum absolute atomic E-state index is 0.872. The molecule has 1 fully saturated rings. The summed E-state index contributed by atoms with van der Waals surface area (Å²) in [4.78, 5) is 0. The third kappa shape index (κ3) is 2.87. The predicted octanol–water partition coefficient (Wildman–Crippen LogP) is 1.89. The van der Waals surface area contributed by atoms with E-state index in [0.717, 1.165) is 16.9 Å². The van der Waals surface area contributed by atoms with Crippen LogP contribution in [0, 0.1) is 18.3 Å². The van der Waals surface area contributed by atoms with E-state index in [2.05, 4.69) is 20.0 Å². The van der Waals surface area contributed by atoms with Crippen LogP contribution in [0.4, 0.5) is 0 Å². The van der Waals surface area contributed by atoms with Crippen molar-refractivity contribution in [3.63, 3.8) is 0 Å². The van der Waals surface area contributed by atoms with Crippen LogP contribution in [0.5, 0.6) is 0 Å². The van der Waals surface area contributed by atoms with E-state index in [0.29, 0.717) is 0 Å². The Morgan fingerprint density at radius 1 is 1.33 bits per heavy atom. The molecule has 0 N–H and O–H groups in total. The molecule has 1 nitrogen and oxygen atoms in total. The third-order valence-corrected chi connectivity index (χ3v) is 2.75. The van der Waals surface area contributed by atoms with Crippen LogP contribution < -0.4 is 0 Å². The lowest BCUT2D eigenvalue weighted by molar-refractivity contribution is -0.886. The maximum absolute atomic E-state index is 5.32. The highest BCUT2D eigenvalue weighted by atomic mass is 15.3. The van der Waals surface area contributed by atoms with E-state index in [-0.39, 0.29) is 0 Å². The Bertz CT molecular complexity index is 170. The lowest BCUT2D eigenvalue weighted by Gasteiger charge is -2.30. The monoisotopic (exact) mass is 166 g/mol. The molecule has 1 aliphatic carbocycles. The summed E-state index contributed by atoms with van der Waals surface area (Å²) >= 11 is 0. The summed E-state index contributed by atoms with van der Waals surface area (Å²) in [5, 5.41) is 0. The summed E-state index contributed by atoms with van der Waals surface area (Å²) < 4.78 is 1.00. The molecule has 12 heavy (non-hydrogen) atoms. The van der Waals surface area contributed by atoms with E-state index < -0.39 is 0 Å². The number of quaternary nitrogens is 1. The molecule has 0 aromatic carbocycles. The number of nitrogens with zero attached hydrogens (tertiary/aromatic N) is 1. The Labute approximate surface area is 76.4 Å². The van der Waals surface area contributed by atoms with Gasteiger partial charge in [-0.15, -0.1) is 6.42 Å². The molecular formula is C11H20N+. The van der Waals surface area contributed by atoms with Crippen molar-refractivity contribution in [2.75, 3.05) is 27.2 Å². The van der Waals surface area contributed by atoms with Gasteiger partial charge in [0.25, 0.3) is 0 Å². The van der Waals surface area contributed by atoms with Crippen molar-refractivity contribution in [2.45, 2.75) is 25.7 Å². The van der Waals surface area contributed by atoms with E-state index in [1.807, 2.05) is 0 Å². The molecule has 1 rings (SSSR count). The smallest absolute Gasteiger partial charge is 0.140 e. The second kappa shape index (κ2) is 3.96. The first kappa shape index (κ1) is 9.61. The Balaban J connectivity index is 2.33. The van der Waals surface area contributed by atoms with Gasteiger partial charge in [-0.2, -0.15) is 0 Å². The molecule has 0 bridgehead atoms. The first-order chi connectivity index (χ1) is 5.64. The Morgan fingerprint density at radius 3 is 2.42 bits per heavy atom. The summed E-state index contributed by atoms with van der Waals surface area (Å²) in [6, 6.07) is 0. The molecule has 0 heterocycles. The molecule has 0 aromatic heterocycles. The fourth-order valence-electron chi connectivity index (χ4n) is 2.20.